The molecule has 3 aromatic rings. The van der Waals surface area contributed by atoms with Crippen LogP contribution in [0.5, 0.6) is 0 Å². The van der Waals surface area contributed by atoms with Gasteiger partial charge in [-0.25, -0.2) is 0 Å². The first-order valence-corrected chi connectivity index (χ1v) is 10.2. The van der Waals surface area contributed by atoms with Gasteiger partial charge in [0.1, 0.15) is 0 Å². The van der Waals surface area contributed by atoms with Crippen molar-refractivity contribution in [2.75, 3.05) is 11.9 Å². The topological polar surface area (TPSA) is 71.1 Å². The zero-order chi connectivity index (χ0) is 20.4. The summed E-state index contributed by atoms with van der Waals surface area (Å²) in [6.45, 7) is 4.46. The summed E-state index contributed by atoms with van der Waals surface area (Å²) in [5.74, 6) is -0.292. The third-order valence-electron chi connectivity index (χ3n) is 5.36. The smallest absolute Gasteiger partial charge is 0.256 e. The van der Waals surface area contributed by atoms with Crippen molar-refractivity contribution in [2.24, 2.45) is 0 Å². The van der Waals surface area contributed by atoms with Crippen molar-refractivity contribution in [2.45, 2.75) is 39.5 Å². The number of amides is 2. The number of aryl methyl sites for hydroxylation is 2. The summed E-state index contributed by atoms with van der Waals surface area (Å²) in [4.78, 5) is 30.3. The third kappa shape index (κ3) is 3.86. The highest BCUT2D eigenvalue weighted by atomic mass is 16.2. The second kappa shape index (κ2) is 8.03. The van der Waals surface area contributed by atoms with Gasteiger partial charge in [0.15, 0.2) is 0 Å². The Kier molecular flexibility index (Phi) is 5.30. The number of anilines is 1. The molecule has 4 rings (SSSR count). The lowest BCUT2D eigenvalue weighted by Crippen LogP contribution is -2.23. The molecule has 2 N–H and O–H groups in total. The molecule has 0 unspecified atom stereocenters. The van der Waals surface area contributed by atoms with Crippen molar-refractivity contribution >= 4 is 28.4 Å². The van der Waals surface area contributed by atoms with E-state index in [9.17, 15) is 9.59 Å². The molecule has 1 aromatic heterocycles. The quantitative estimate of drug-likeness (QED) is 0.696. The highest BCUT2D eigenvalue weighted by Gasteiger charge is 2.23. The molecule has 29 heavy (non-hydrogen) atoms. The van der Waals surface area contributed by atoms with Crippen LogP contribution in [-0.2, 0) is 12.8 Å². The van der Waals surface area contributed by atoms with E-state index in [2.05, 4.69) is 10.6 Å². The third-order valence-corrected chi connectivity index (χ3v) is 5.36. The van der Waals surface area contributed by atoms with Crippen LogP contribution in [0, 0.1) is 6.92 Å². The Morgan fingerprint density at radius 2 is 1.86 bits per heavy atom. The molecule has 0 saturated heterocycles. The van der Waals surface area contributed by atoms with Gasteiger partial charge < -0.3 is 10.6 Å². The molecule has 0 spiro atoms. The Hall–Kier alpha value is -3.21. The van der Waals surface area contributed by atoms with E-state index in [-0.39, 0.29) is 11.8 Å². The fourth-order valence-corrected chi connectivity index (χ4v) is 3.99. The Morgan fingerprint density at radius 1 is 1.03 bits per heavy atom. The van der Waals surface area contributed by atoms with E-state index in [0.717, 1.165) is 59.0 Å². The van der Waals surface area contributed by atoms with Gasteiger partial charge in [-0.05, 0) is 75.4 Å². The Bertz CT molecular complexity index is 1100. The number of fused-ring (bicyclic) bond motifs is 2. The molecule has 0 atom stereocenters. The number of benzene rings is 2. The number of aromatic nitrogens is 1. The normalized spacial score (nSPS) is 13.0. The summed E-state index contributed by atoms with van der Waals surface area (Å²) < 4.78 is 0. The summed E-state index contributed by atoms with van der Waals surface area (Å²) in [7, 11) is 0. The average molecular weight is 387 g/mol. The maximum atomic E-state index is 13.4. The lowest BCUT2D eigenvalue weighted by molar-refractivity contribution is 0.0954. The van der Waals surface area contributed by atoms with Crippen LogP contribution >= 0.6 is 0 Å². The van der Waals surface area contributed by atoms with Crippen LogP contribution in [0.3, 0.4) is 0 Å². The van der Waals surface area contributed by atoms with E-state index in [1.54, 1.807) is 18.2 Å². The van der Waals surface area contributed by atoms with E-state index in [1.807, 2.05) is 38.1 Å². The molecule has 148 valence electrons. The Labute approximate surface area is 170 Å². The minimum atomic E-state index is -0.147. The number of rotatable bonds is 4. The molecule has 5 heteroatoms. The predicted molar refractivity (Wildman–Crippen MR) is 116 cm³/mol. The molecule has 2 amide bonds. The van der Waals surface area contributed by atoms with Crippen molar-refractivity contribution in [3.63, 3.8) is 0 Å². The van der Waals surface area contributed by atoms with Crippen molar-refractivity contribution in [1.29, 1.82) is 0 Å². The minimum absolute atomic E-state index is 0.144. The number of carbonyl (C=O) groups is 2. The zero-order valence-electron chi connectivity index (χ0n) is 16.8. The summed E-state index contributed by atoms with van der Waals surface area (Å²) in [5, 5.41) is 6.69. The van der Waals surface area contributed by atoms with Gasteiger partial charge in [0, 0.05) is 28.9 Å². The molecule has 5 nitrogen and oxygen atoms in total. The van der Waals surface area contributed by atoms with E-state index in [4.69, 9.17) is 4.98 Å². The summed E-state index contributed by atoms with van der Waals surface area (Å²) in [6.07, 6.45) is 3.95. The highest BCUT2D eigenvalue weighted by molar-refractivity contribution is 6.14. The average Bonchev–Trinajstić information content (AvgIpc) is 2.72. The van der Waals surface area contributed by atoms with Gasteiger partial charge in [-0.1, -0.05) is 17.7 Å². The molecule has 0 aliphatic heterocycles. The van der Waals surface area contributed by atoms with Crippen LogP contribution in [0.1, 0.15) is 57.3 Å². The molecular formula is C24H25N3O2. The molecule has 0 saturated carbocycles. The van der Waals surface area contributed by atoms with E-state index in [1.165, 1.54) is 0 Å². The number of nitrogens with one attached hydrogen (secondary N) is 2. The second-order valence-corrected chi connectivity index (χ2v) is 7.53. The molecule has 2 aromatic carbocycles. The maximum Gasteiger partial charge on any atom is 0.256 e. The van der Waals surface area contributed by atoms with Crippen molar-refractivity contribution in [3.05, 3.63) is 70.4 Å². The minimum Gasteiger partial charge on any atom is -0.352 e. The number of carbonyl (C=O) groups excluding carboxylic acids is 2. The summed E-state index contributed by atoms with van der Waals surface area (Å²) in [5.41, 5.74) is 5.92. The van der Waals surface area contributed by atoms with Gasteiger partial charge >= 0.3 is 0 Å². The van der Waals surface area contributed by atoms with Gasteiger partial charge in [0.2, 0.25) is 0 Å². The number of hydrogen-bond acceptors (Lipinski definition) is 3. The van der Waals surface area contributed by atoms with Crippen molar-refractivity contribution < 1.29 is 9.59 Å². The highest BCUT2D eigenvalue weighted by Crippen LogP contribution is 2.30. The van der Waals surface area contributed by atoms with Crippen molar-refractivity contribution in [3.8, 4) is 0 Å². The molecule has 1 aliphatic carbocycles. The monoisotopic (exact) mass is 387 g/mol. The van der Waals surface area contributed by atoms with Gasteiger partial charge in [-0.2, -0.15) is 0 Å². The van der Waals surface area contributed by atoms with Gasteiger partial charge in [0.25, 0.3) is 11.8 Å². The Morgan fingerprint density at radius 3 is 2.69 bits per heavy atom. The number of pyridine rings is 1. The van der Waals surface area contributed by atoms with Crippen LogP contribution in [0.2, 0.25) is 0 Å². The van der Waals surface area contributed by atoms with Crippen LogP contribution in [-0.4, -0.2) is 23.3 Å². The fraction of sp³-hybridized carbons (Fsp3) is 0.292. The van der Waals surface area contributed by atoms with E-state index >= 15 is 0 Å². The van der Waals surface area contributed by atoms with Crippen LogP contribution in [0.15, 0.2) is 42.5 Å². The lowest BCUT2D eigenvalue weighted by Gasteiger charge is -2.20. The van der Waals surface area contributed by atoms with Crippen LogP contribution in [0.4, 0.5) is 5.69 Å². The Balaban J connectivity index is 1.75. The molecule has 0 radical (unpaired) electrons. The van der Waals surface area contributed by atoms with Crippen LogP contribution in [0.25, 0.3) is 10.9 Å². The van der Waals surface area contributed by atoms with Crippen LogP contribution < -0.4 is 10.6 Å². The van der Waals surface area contributed by atoms with E-state index in [0.29, 0.717) is 17.8 Å². The second-order valence-electron chi connectivity index (χ2n) is 7.53. The van der Waals surface area contributed by atoms with Gasteiger partial charge in [-0.15, -0.1) is 0 Å². The fourth-order valence-electron chi connectivity index (χ4n) is 3.99. The summed E-state index contributed by atoms with van der Waals surface area (Å²) >= 11 is 0. The number of hydrogen-bond donors (Lipinski definition) is 2. The predicted octanol–water partition coefficient (Wildman–Crippen LogP) is 4.42. The van der Waals surface area contributed by atoms with E-state index < -0.39 is 0 Å². The van der Waals surface area contributed by atoms with Gasteiger partial charge in [-0.3, -0.25) is 14.6 Å². The van der Waals surface area contributed by atoms with Gasteiger partial charge in [0.05, 0.1) is 11.1 Å². The molecule has 0 bridgehead atoms. The standard InChI is InChI=1S/C24H25N3O2/c1-3-25-23(28)16-7-6-8-17(14-16)26-24(29)22-18-9-4-5-10-20(18)27-21-12-11-15(2)13-19(21)22/h6-8,11-14H,3-5,9-10H2,1-2H3,(H,25,28)(H,26,29). The zero-order valence-corrected chi connectivity index (χ0v) is 16.8. The molecule has 1 aliphatic rings. The first kappa shape index (κ1) is 19.1. The lowest BCUT2D eigenvalue weighted by atomic mass is 9.89. The molecule has 0 fully saturated rings. The van der Waals surface area contributed by atoms with Crippen molar-refractivity contribution in [1.82, 2.24) is 10.3 Å². The maximum absolute atomic E-state index is 13.4. The first-order chi connectivity index (χ1) is 14.1. The molecular weight excluding hydrogens is 362 g/mol. The first-order valence-electron chi connectivity index (χ1n) is 10.2. The number of nitrogens with zero attached hydrogens (tertiary/aromatic N) is 1. The largest absolute Gasteiger partial charge is 0.352 e. The SMILES string of the molecule is CCNC(=O)c1cccc(NC(=O)c2c3c(nc4ccc(C)cc24)CCCC3)c1. The summed E-state index contributed by atoms with van der Waals surface area (Å²) in [6, 6.07) is 13.1. The molecule has 1 heterocycles.